The number of likely N-dealkylation sites (N-methyl/N-ethyl adjacent to an activating group) is 1. The molecule has 0 aliphatic heterocycles. The highest BCUT2D eigenvalue weighted by Crippen LogP contribution is 2.24. The molecule has 0 amide bonds. The molecule has 100 valence electrons. The molecular weight excluding hydrogens is 222 g/mol. The second kappa shape index (κ2) is 6.14. The topological polar surface area (TPSA) is 20.3 Å². The van der Waals surface area contributed by atoms with Crippen LogP contribution in [-0.4, -0.2) is 29.3 Å². The molecule has 1 unspecified atom stereocenters. The van der Waals surface area contributed by atoms with Gasteiger partial charge in [0.1, 0.15) is 0 Å². The highest BCUT2D eigenvalue weighted by atomic mass is 16.1. The van der Waals surface area contributed by atoms with Crippen LogP contribution in [0.1, 0.15) is 50.0 Å². The van der Waals surface area contributed by atoms with E-state index in [9.17, 15) is 4.79 Å². The first-order chi connectivity index (χ1) is 8.49. The van der Waals surface area contributed by atoms with E-state index in [1.54, 1.807) is 0 Å². The fourth-order valence-corrected chi connectivity index (χ4v) is 2.55. The van der Waals surface area contributed by atoms with Gasteiger partial charge in [-0.1, -0.05) is 44.5 Å². The molecule has 0 spiro atoms. The van der Waals surface area contributed by atoms with Crippen LogP contribution in [0.2, 0.25) is 0 Å². The minimum Gasteiger partial charge on any atom is -0.292 e. The van der Waals surface area contributed by atoms with Crippen molar-refractivity contribution < 1.29 is 4.79 Å². The van der Waals surface area contributed by atoms with E-state index in [0.717, 1.165) is 30.6 Å². The maximum atomic E-state index is 12.8. The highest BCUT2D eigenvalue weighted by molar-refractivity contribution is 6.03. The zero-order valence-electron chi connectivity index (χ0n) is 12.3. The number of nitrogens with zero attached hydrogens (tertiary/aromatic N) is 1. The molecular formula is C16H25NO. The Kier molecular flexibility index (Phi) is 5.09. The van der Waals surface area contributed by atoms with Gasteiger partial charge in [-0.25, -0.2) is 0 Å². The van der Waals surface area contributed by atoms with Crippen molar-refractivity contribution in [3.63, 3.8) is 0 Å². The van der Waals surface area contributed by atoms with Gasteiger partial charge in [-0.05, 0) is 39.4 Å². The highest BCUT2D eigenvalue weighted by Gasteiger charge is 2.36. The molecule has 0 saturated heterocycles. The van der Waals surface area contributed by atoms with Crippen LogP contribution in [-0.2, 0) is 0 Å². The third kappa shape index (κ3) is 2.81. The Bertz CT molecular complexity index is 409. The monoisotopic (exact) mass is 247 g/mol. The van der Waals surface area contributed by atoms with Crippen LogP contribution in [0.25, 0.3) is 0 Å². The van der Waals surface area contributed by atoms with Gasteiger partial charge >= 0.3 is 0 Å². The molecule has 0 saturated carbocycles. The van der Waals surface area contributed by atoms with Crippen LogP contribution in [0.15, 0.2) is 24.3 Å². The van der Waals surface area contributed by atoms with Crippen molar-refractivity contribution in [2.75, 3.05) is 13.1 Å². The molecule has 0 bridgehead atoms. The summed E-state index contributed by atoms with van der Waals surface area (Å²) in [5.74, 6) is 0.234. The van der Waals surface area contributed by atoms with Crippen molar-refractivity contribution in [2.45, 2.75) is 46.6 Å². The lowest BCUT2D eigenvalue weighted by molar-refractivity contribution is 0.0607. The van der Waals surface area contributed by atoms with Gasteiger partial charge in [0.25, 0.3) is 0 Å². The summed E-state index contributed by atoms with van der Waals surface area (Å²) in [7, 11) is 0. The Balaban J connectivity index is 3.12. The lowest BCUT2D eigenvalue weighted by Gasteiger charge is -2.38. The van der Waals surface area contributed by atoms with Crippen LogP contribution in [0, 0.1) is 6.92 Å². The number of rotatable bonds is 6. The molecule has 0 aliphatic carbocycles. The van der Waals surface area contributed by atoms with Crippen LogP contribution in [0.3, 0.4) is 0 Å². The number of hydrogen-bond donors (Lipinski definition) is 0. The summed E-state index contributed by atoms with van der Waals surface area (Å²) in [6.07, 6.45) is 0.835. The van der Waals surface area contributed by atoms with E-state index in [4.69, 9.17) is 0 Å². The van der Waals surface area contributed by atoms with E-state index in [1.807, 2.05) is 31.2 Å². The molecule has 0 fully saturated rings. The van der Waals surface area contributed by atoms with Crippen LogP contribution >= 0.6 is 0 Å². The van der Waals surface area contributed by atoms with Gasteiger partial charge in [0.2, 0.25) is 0 Å². The Hall–Kier alpha value is -1.15. The predicted molar refractivity (Wildman–Crippen MR) is 77.1 cm³/mol. The van der Waals surface area contributed by atoms with Crippen LogP contribution in [0.4, 0.5) is 0 Å². The molecule has 1 rings (SSSR count). The molecule has 2 heteroatoms. The average molecular weight is 247 g/mol. The number of ketones is 1. The predicted octanol–water partition coefficient (Wildman–Crippen LogP) is 3.69. The van der Waals surface area contributed by atoms with Gasteiger partial charge in [0, 0.05) is 5.56 Å². The zero-order valence-corrected chi connectivity index (χ0v) is 12.3. The van der Waals surface area contributed by atoms with E-state index in [1.165, 1.54) is 0 Å². The summed E-state index contributed by atoms with van der Waals surface area (Å²) in [5, 5.41) is 0. The Morgan fingerprint density at radius 3 is 2.28 bits per heavy atom. The van der Waals surface area contributed by atoms with Gasteiger partial charge in [0.15, 0.2) is 5.78 Å². The van der Waals surface area contributed by atoms with E-state index in [0.29, 0.717) is 0 Å². The fraction of sp³-hybridized carbons (Fsp3) is 0.562. The summed E-state index contributed by atoms with van der Waals surface area (Å²) in [6, 6.07) is 7.89. The van der Waals surface area contributed by atoms with E-state index >= 15 is 0 Å². The first-order valence-electron chi connectivity index (χ1n) is 6.86. The van der Waals surface area contributed by atoms with Gasteiger partial charge in [-0.3, -0.25) is 9.69 Å². The molecule has 2 nitrogen and oxygen atoms in total. The molecule has 1 atom stereocenters. The van der Waals surface area contributed by atoms with E-state index < -0.39 is 5.54 Å². The minimum atomic E-state index is -0.392. The Labute approximate surface area is 111 Å². The first kappa shape index (κ1) is 14.9. The van der Waals surface area contributed by atoms with Crippen molar-refractivity contribution in [1.29, 1.82) is 0 Å². The van der Waals surface area contributed by atoms with Crippen LogP contribution < -0.4 is 0 Å². The third-order valence-electron chi connectivity index (χ3n) is 3.92. The molecule has 0 heterocycles. The van der Waals surface area contributed by atoms with Gasteiger partial charge in [-0.15, -0.1) is 0 Å². The van der Waals surface area contributed by atoms with Crippen molar-refractivity contribution in [2.24, 2.45) is 0 Å². The van der Waals surface area contributed by atoms with Crippen molar-refractivity contribution in [3.05, 3.63) is 35.4 Å². The zero-order chi connectivity index (χ0) is 13.8. The smallest absolute Gasteiger partial charge is 0.182 e. The summed E-state index contributed by atoms with van der Waals surface area (Å²) >= 11 is 0. The van der Waals surface area contributed by atoms with Gasteiger partial charge < -0.3 is 0 Å². The van der Waals surface area contributed by atoms with Crippen molar-refractivity contribution >= 4 is 5.78 Å². The molecule has 0 radical (unpaired) electrons. The number of hydrogen-bond acceptors (Lipinski definition) is 2. The molecule has 1 aromatic carbocycles. The number of benzene rings is 1. The molecule has 18 heavy (non-hydrogen) atoms. The number of carbonyl (C=O) groups excluding carboxylic acids is 1. The second-order valence-electron chi connectivity index (χ2n) is 5.00. The summed E-state index contributed by atoms with van der Waals surface area (Å²) in [4.78, 5) is 15.0. The fourth-order valence-electron chi connectivity index (χ4n) is 2.55. The third-order valence-corrected chi connectivity index (χ3v) is 3.92. The molecule has 1 aromatic rings. The SMILES string of the molecule is CCN(CC)C(C)(CC)C(=O)c1cccc(C)c1. The van der Waals surface area contributed by atoms with E-state index in [2.05, 4.69) is 32.6 Å². The Morgan fingerprint density at radius 1 is 1.22 bits per heavy atom. The van der Waals surface area contributed by atoms with Crippen molar-refractivity contribution in [1.82, 2.24) is 4.90 Å². The largest absolute Gasteiger partial charge is 0.292 e. The quantitative estimate of drug-likeness (QED) is 0.715. The maximum absolute atomic E-state index is 12.8. The number of carbonyl (C=O) groups is 1. The van der Waals surface area contributed by atoms with E-state index in [-0.39, 0.29) is 5.78 Å². The number of aryl methyl sites for hydroxylation is 1. The molecule has 0 aliphatic rings. The normalized spacial score (nSPS) is 14.6. The minimum absolute atomic E-state index is 0.234. The van der Waals surface area contributed by atoms with Crippen LogP contribution in [0.5, 0.6) is 0 Å². The summed E-state index contributed by atoms with van der Waals surface area (Å²) in [6.45, 7) is 12.2. The van der Waals surface area contributed by atoms with Gasteiger partial charge in [-0.2, -0.15) is 0 Å². The maximum Gasteiger partial charge on any atom is 0.182 e. The first-order valence-corrected chi connectivity index (χ1v) is 6.86. The average Bonchev–Trinajstić information content (AvgIpc) is 2.38. The molecule has 0 aromatic heterocycles. The standard InChI is InChI=1S/C16H25NO/c1-6-16(5,17(7-2)8-3)15(18)14-11-9-10-13(4)12-14/h9-12H,6-8H2,1-5H3. The summed E-state index contributed by atoms with van der Waals surface area (Å²) < 4.78 is 0. The lowest BCUT2D eigenvalue weighted by Crippen LogP contribution is -2.51. The summed E-state index contributed by atoms with van der Waals surface area (Å²) in [5.41, 5.74) is 1.57. The number of Topliss-reactive ketones (excluding diaryl/α,β-unsaturated/α-hetero) is 1. The Morgan fingerprint density at radius 2 is 1.83 bits per heavy atom. The second-order valence-corrected chi connectivity index (χ2v) is 5.00. The molecule has 0 N–H and O–H groups in total. The van der Waals surface area contributed by atoms with Crippen molar-refractivity contribution in [3.8, 4) is 0 Å². The lowest BCUT2D eigenvalue weighted by atomic mass is 9.86. The van der Waals surface area contributed by atoms with Gasteiger partial charge in [0.05, 0.1) is 5.54 Å².